The van der Waals surface area contributed by atoms with Gasteiger partial charge in [-0.1, -0.05) is 19.9 Å². The highest BCUT2D eigenvalue weighted by molar-refractivity contribution is 9.10. The minimum absolute atomic E-state index is 0.314. The molecule has 0 aliphatic rings. The summed E-state index contributed by atoms with van der Waals surface area (Å²) in [6.07, 6.45) is 1.84. The number of aromatic nitrogens is 3. The van der Waals surface area contributed by atoms with E-state index in [1.165, 1.54) is 0 Å². The molecule has 0 aromatic carbocycles. The van der Waals surface area contributed by atoms with E-state index in [9.17, 15) is 0 Å². The molecule has 0 bridgehead atoms. The van der Waals surface area contributed by atoms with E-state index in [0.29, 0.717) is 11.7 Å². The quantitative estimate of drug-likeness (QED) is 0.911. The molecule has 0 aliphatic heterocycles. The maximum atomic E-state index is 4.65. The van der Waals surface area contributed by atoms with E-state index in [0.717, 1.165) is 33.8 Å². The van der Waals surface area contributed by atoms with E-state index in [1.807, 2.05) is 32.2 Å². The van der Waals surface area contributed by atoms with Gasteiger partial charge in [0.2, 0.25) is 0 Å². The van der Waals surface area contributed by atoms with Crippen LogP contribution in [0.1, 0.15) is 37.9 Å². The van der Waals surface area contributed by atoms with E-state index in [-0.39, 0.29) is 0 Å². The number of rotatable bonds is 4. The first-order valence-corrected chi connectivity index (χ1v) is 7.56. The van der Waals surface area contributed by atoms with E-state index in [1.54, 1.807) is 0 Å². The van der Waals surface area contributed by atoms with Crippen LogP contribution >= 0.6 is 15.9 Å². The van der Waals surface area contributed by atoms with Gasteiger partial charge in [-0.2, -0.15) is 0 Å². The Morgan fingerprint density at radius 2 is 2.00 bits per heavy atom. The molecule has 2 aromatic rings. The van der Waals surface area contributed by atoms with Crippen molar-refractivity contribution in [2.45, 2.75) is 33.6 Å². The van der Waals surface area contributed by atoms with E-state index in [4.69, 9.17) is 0 Å². The van der Waals surface area contributed by atoms with Crippen molar-refractivity contribution in [3.63, 3.8) is 0 Å². The Morgan fingerprint density at radius 3 is 2.55 bits per heavy atom. The molecule has 20 heavy (non-hydrogen) atoms. The van der Waals surface area contributed by atoms with Crippen molar-refractivity contribution in [1.82, 2.24) is 15.0 Å². The van der Waals surface area contributed by atoms with Crippen LogP contribution in [0.15, 0.2) is 22.8 Å². The first kappa shape index (κ1) is 14.9. The van der Waals surface area contributed by atoms with Gasteiger partial charge >= 0.3 is 0 Å². The monoisotopic (exact) mass is 334 g/mol. The van der Waals surface area contributed by atoms with Crippen molar-refractivity contribution in [3.8, 4) is 11.5 Å². The highest BCUT2D eigenvalue weighted by Gasteiger charge is 2.16. The average molecular weight is 335 g/mol. The Labute approximate surface area is 128 Å². The molecule has 2 aromatic heterocycles. The van der Waals surface area contributed by atoms with Crippen molar-refractivity contribution in [2.24, 2.45) is 0 Å². The molecule has 0 fully saturated rings. The zero-order valence-corrected chi connectivity index (χ0v) is 13.8. The van der Waals surface area contributed by atoms with Crippen LogP contribution in [0.25, 0.3) is 11.5 Å². The fourth-order valence-electron chi connectivity index (χ4n) is 1.85. The van der Waals surface area contributed by atoms with Crippen molar-refractivity contribution in [1.29, 1.82) is 0 Å². The highest BCUT2D eigenvalue weighted by atomic mass is 79.9. The summed E-state index contributed by atoms with van der Waals surface area (Å²) in [6.45, 7) is 9.12. The summed E-state index contributed by atoms with van der Waals surface area (Å²) < 4.78 is 0.935. The second-order valence-corrected chi connectivity index (χ2v) is 5.79. The van der Waals surface area contributed by atoms with Crippen LogP contribution in [0.2, 0.25) is 0 Å². The number of nitrogens with zero attached hydrogens (tertiary/aromatic N) is 3. The fraction of sp³-hybridized carbons (Fsp3) is 0.400. The van der Waals surface area contributed by atoms with Crippen LogP contribution in [0.3, 0.4) is 0 Å². The van der Waals surface area contributed by atoms with Gasteiger partial charge in [0, 0.05) is 12.7 Å². The van der Waals surface area contributed by atoms with E-state index in [2.05, 4.69) is 50.0 Å². The summed E-state index contributed by atoms with van der Waals surface area (Å²) in [6, 6.07) is 3.98. The Kier molecular flexibility index (Phi) is 4.70. The Morgan fingerprint density at radius 1 is 1.25 bits per heavy atom. The normalized spacial score (nSPS) is 10.9. The predicted octanol–water partition coefficient (Wildman–Crippen LogP) is 4.16. The largest absolute Gasteiger partial charge is 0.369 e. The number of hydrogen-bond donors (Lipinski definition) is 1. The summed E-state index contributed by atoms with van der Waals surface area (Å²) in [7, 11) is 0. The lowest BCUT2D eigenvalue weighted by atomic mass is 10.1. The molecule has 1 N–H and O–H groups in total. The predicted molar refractivity (Wildman–Crippen MR) is 86.0 cm³/mol. The number of anilines is 1. The van der Waals surface area contributed by atoms with Gasteiger partial charge in [-0.05, 0) is 47.3 Å². The number of nitrogens with one attached hydrogen (secondary N) is 1. The lowest BCUT2D eigenvalue weighted by Crippen LogP contribution is -2.07. The van der Waals surface area contributed by atoms with Gasteiger partial charge in [-0.15, -0.1) is 0 Å². The number of aryl methyl sites for hydroxylation is 1. The van der Waals surface area contributed by atoms with Gasteiger partial charge in [0.15, 0.2) is 5.82 Å². The van der Waals surface area contributed by atoms with Crippen LogP contribution in [0.4, 0.5) is 5.82 Å². The number of hydrogen-bond acceptors (Lipinski definition) is 4. The van der Waals surface area contributed by atoms with Crippen molar-refractivity contribution in [2.75, 3.05) is 11.9 Å². The zero-order valence-electron chi connectivity index (χ0n) is 12.2. The smallest absolute Gasteiger partial charge is 0.180 e. The van der Waals surface area contributed by atoms with Gasteiger partial charge in [-0.25, -0.2) is 9.97 Å². The lowest BCUT2D eigenvalue weighted by Gasteiger charge is -2.14. The molecule has 2 heterocycles. The molecule has 0 amide bonds. The lowest BCUT2D eigenvalue weighted by molar-refractivity contribution is 0.808. The molecule has 2 rings (SSSR count). The van der Waals surface area contributed by atoms with Crippen LogP contribution in [-0.2, 0) is 0 Å². The Balaban J connectivity index is 2.55. The number of pyridine rings is 1. The van der Waals surface area contributed by atoms with Crippen molar-refractivity contribution in [3.05, 3.63) is 34.1 Å². The topological polar surface area (TPSA) is 50.7 Å². The molecule has 0 unspecified atom stereocenters. The van der Waals surface area contributed by atoms with Crippen LogP contribution < -0.4 is 5.32 Å². The third kappa shape index (κ3) is 3.15. The molecule has 0 spiro atoms. The molecular formula is C15H19BrN4. The second kappa shape index (κ2) is 6.31. The van der Waals surface area contributed by atoms with Gasteiger partial charge in [0.25, 0.3) is 0 Å². The molecule has 0 aliphatic carbocycles. The minimum Gasteiger partial charge on any atom is -0.369 e. The van der Waals surface area contributed by atoms with Crippen LogP contribution in [0, 0.1) is 6.92 Å². The van der Waals surface area contributed by atoms with Gasteiger partial charge in [0.1, 0.15) is 11.5 Å². The van der Waals surface area contributed by atoms with Crippen LogP contribution in [-0.4, -0.2) is 21.5 Å². The van der Waals surface area contributed by atoms with Crippen molar-refractivity contribution < 1.29 is 0 Å². The maximum absolute atomic E-state index is 4.65. The Hall–Kier alpha value is -1.49. The molecule has 4 nitrogen and oxygen atoms in total. The first-order valence-electron chi connectivity index (χ1n) is 6.77. The molecule has 0 atom stereocenters. The summed E-state index contributed by atoms with van der Waals surface area (Å²) in [5.74, 6) is 1.80. The van der Waals surface area contributed by atoms with Gasteiger partial charge < -0.3 is 5.32 Å². The standard InChI is InChI=1S/C15H19BrN4/c1-5-17-15-12(16)13(9(2)3)19-14(20-15)11-7-6-10(4)8-18-11/h6-9H,5H2,1-4H3,(H,17,19,20). The molecule has 0 saturated heterocycles. The molecule has 0 radical (unpaired) electrons. The summed E-state index contributed by atoms with van der Waals surface area (Å²) >= 11 is 3.59. The molecule has 5 heteroatoms. The van der Waals surface area contributed by atoms with Crippen molar-refractivity contribution >= 4 is 21.7 Å². The Bertz CT molecular complexity index is 594. The third-order valence-electron chi connectivity index (χ3n) is 2.91. The average Bonchev–Trinajstić information content (AvgIpc) is 2.42. The third-order valence-corrected chi connectivity index (χ3v) is 3.69. The van der Waals surface area contributed by atoms with E-state index >= 15 is 0 Å². The number of halogens is 1. The van der Waals surface area contributed by atoms with Crippen LogP contribution in [0.5, 0.6) is 0 Å². The minimum atomic E-state index is 0.314. The first-order chi connectivity index (χ1) is 9.52. The molecule has 106 valence electrons. The zero-order chi connectivity index (χ0) is 14.7. The highest BCUT2D eigenvalue weighted by Crippen LogP contribution is 2.30. The van der Waals surface area contributed by atoms with E-state index < -0.39 is 0 Å². The second-order valence-electron chi connectivity index (χ2n) is 5.00. The molecule has 0 saturated carbocycles. The molecular weight excluding hydrogens is 316 g/mol. The maximum Gasteiger partial charge on any atom is 0.180 e. The summed E-state index contributed by atoms with van der Waals surface area (Å²) in [4.78, 5) is 13.6. The summed E-state index contributed by atoms with van der Waals surface area (Å²) in [5.41, 5.74) is 2.92. The van der Waals surface area contributed by atoms with Gasteiger partial charge in [0.05, 0.1) is 10.2 Å². The fourth-order valence-corrected chi connectivity index (χ4v) is 2.62. The summed E-state index contributed by atoms with van der Waals surface area (Å²) in [5, 5.41) is 3.27. The van der Waals surface area contributed by atoms with Gasteiger partial charge in [-0.3, -0.25) is 4.98 Å². The SMILES string of the molecule is CCNc1nc(-c2ccc(C)cn2)nc(C(C)C)c1Br.